The van der Waals surface area contributed by atoms with Crippen LogP contribution >= 0.6 is 0 Å². The van der Waals surface area contributed by atoms with E-state index in [1.807, 2.05) is 6.92 Å². The molecule has 0 unspecified atom stereocenters. The van der Waals surface area contributed by atoms with Crippen molar-refractivity contribution in [2.45, 2.75) is 38.1 Å². The standard InChI is InChI=1S/C20H24F4N2O5/c1-2-13(8-29-9-14-3-4-15(7-16(14)21)20(22,23)24)5-6-30-18(28)26-10-19(11-26)12-31-17(27)25-19/h3-4,7,13H,2,5-6,8-12H2,1H3,(H,25,27)/t13-/m0/s1. The van der Waals surface area contributed by atoms with Crippen molar-refractivity contribution in [1.29, 1.82) is 0 Å². The number of carbonyl (C=O) groups is 2. The highest BCUT2D eigenvalue weighted by atomic mass is 19.4. The second-order valence-corrected chi connectivity index (χ2v) is 7.83. The molecule has 3 rings (SSSR count). The summed E-state index contributed by atoms with van der Waals surface area (Å²) >= 11 is 0. The van der Waals surface area contributed by atoms with E-state index >= 15 is 0 Å². The van der Waals surface area contributed by atoms with Crippen molar-refractivity contribution in [3.63, 3.8) is 0 Å². The van der Waals surface area contributed by atoms with Crippen LogP contribution in [0.4, 0.5) is 27.2 Å². The normalized spacial score (nSPS) is 18.4. The highest BCUT2D eigenvalue weighted by molar-refractivity contribution is 5.74. The molecule has 2 aliphatic rings. The van der Waals surface area contributed by atoms with Crippen LogP contribution in [0.1, 0.15) is 30.9 Å². The molecule has 0 saturated carbocycles. The molecule has 7 nitrogen and oxygen atoms in total. The van der Waals surface area contributed by atoms with Crippen LogP contribution in [-0.4, -0.2) is 55.5 Å². The largest absolute Gasteiger partial charge is 0.449 e. The number of hydrogen-bond donors (Lipinski definition) is 1. The average Bonchev–Trinajstić information content (AvgIpc) is 3.08. The number of amides is 2. The van der Waals surface area contributed by atoms with E-state index in [1.54, 1.807) is 0 Å². The van der Waals surface area contributed by atoms with Crippen LogP contribution in [0.2, 0.25) is 0 Å². The maximum atomic E-state index is 13.9. The third-order valence-electron chi connectivity index (χ3n) is 5.41. The second kappa shape index (κ2) is 9.29. The zero-order valence-corrected chi connectivity index (χ0v) is 17.0. The predicted octanol–water partition coefficient (Wildman–Crippen LogP) is 3.71. The summed E-state index contributed by atoms with van der Waals surface area (Å²) in [7, 11) is 0. The molecule has 2 heterocycles. The first kappa shape index (κ1) is 23.1. The van der Waals surface area contributed by atoms with E-state index in [0.717, 1.165) is 18.6 Å². The first-order chi connectivity index (χ1) is 14.6. The molecular weight excluding hydrogens is 424 g/mol. The fourth-order valence-electron chi connectivity index (χ4n) is 3.46. The molecule has 2 amide bonds. The van der Waals surface area contributed by atoms with Crippen LogP contribution in [0.3, 0.4) is 0 Å². The van der Waals surface area contributed by atoms with Gasteiger partial charge in [0, 0.05) is 12.2 Å². The quantitative estimate of drug-likeness (QED) is 0.614. The van der Waals surface area contributed by atoms with Crippen LogP contribution in [0.5, 0.6) is 0 Å². The molecule has 1 aromatic carbocycles. The van der Waals surface area contributed by atoms with Gasteiger partial charge in [0.2, 0.25) is 0 Å². The number of alkyl halides is 3. The van der Waals surface area contributed by atoms with Gasteiger partial charge in [0.1, 0.15) is 18.0 Å². The van der Waals surface area contributed by atoms with Gasteiger partial charge < -0.3 is 24.4 Å². The van der Waals surface area contributed by atoms with E-state index in [-0.39, 0.29) is 37.9 Å². The SMILES string of the molecule is CC[C@@H](CCOC(=O)N1CC2(COC(=O)N2)C1)COCc1ccc(C(F)(F)F)cc1F. The van der Waals surface area contributed by atoms with Gasteiger partial charge in [-0.2, -0.15) is 13.2 Å². The van der Waals surface area contributed by atoms with Crippen LogP contribution in [0, 0.1) is 11.7 Å². The number of halogens is 4. The minimum Gasteiger partial charge on any atom is -0.449 e. The summed E-state index contributed by atoms with van der Waals surface area (Å²) in [6, 6.07) is 2.35. The Hall–Kier alpha value is -2.56. The first-order valence-electron chi connectivity index (χ1n) is 9.92. The molecule has 0 bridgehead atoms. The Morgan fingerprint density at radius 1 is 1.35 bits per heavy atom. The van der Waals surface area contributed by atoms with E-state index in [0.29, 0.717) is 25.6 Å². The number of benzene rings is 1. The monoisotopic (exact) mass is 448 g/mol. The molecule has 2 saturated heterocycles. The smallest absolute Gasteiger partial charge is 0.416 e. The van der Waals surface area contributed by atoms with Gasteiger partial charge in [-0.25, -0.2) is 14.0 Å². The minimum absolute atomic E-state index is 0.0376. The van der Waals surface area contributed by atoms with E-state index in [1.165, 1.54) is 4.90 Å². The number of alkyl carbamates (subject to hydrolysis) is 1. The van der Waals surface area contributed by atoms with Crippen molar-refractivity contribution in [2.75, 3.05) is 32.9 Å². The van der Waals surface area contributed by atoms with Gasteiger partial charge in [0.05, 0.1) is 31.9 Å². The molecule has 1 N–H and O–H groups in total. The highest BCUT2D eigenvalue weighted by Gasteiger charge is 2.51. The molecular formula is C20H24F4N2O5. The molecule has 0 radical (unpaired) electrons. The number of nitrogens with one attached hydrogen (secondary N) is 1. The van der Waals surface area contributed by atoms with Crippen molar-refractivity contribution in [3.8, 4) is 0 Å². The molecule has 2 fully saturated rings. The number of cyclic esters (lactones) is 1. The maximum absolute atomic E-state index is 13.9. The zero-order chi connectivity index (χ0) is 22.6. The van der Waals surface area contributed by atoms with Crippen molar-refractivity contribution in [2.24, 2.45) is 5.92 Å². The van der Waals surface area contributed by atoms with Crippen LogP contribution in [0.15, 0.2) is 18.2 Å². The molecule has 1 aromatic rings. The zero-order valence-electron chi connectivity index (χ0n) is 17.0. The average molecular weight is 448 g/mol. The third kappa shape index (κ3) is 5.78. The Balaban J connectivity index is 1.34. The van der Waals surface area contributed by atoms with E-state index in [2.05, 4.69) is 5.32 Å². The van der Waals surface area contributed by atoms with Gasteiger partial charge in [-0.15, -0.1) is 0 Å². The summed E-state index contributed by atoms with van der Waals surface area (Å²) in [6.07, 6.45) is -4.32. The lowest BCUT2D eigenvalue weighted by Crippen LogP contribution is -2.69. The summed E-state index contributed by atoms with van der Waals surface area (Å²) in [4.78, 5) is 24.6. The molecule has 1 atom stereocenters. The highest BCUT2D eigenvalue weighted by Crippen LogP contribution is 2.30. The lowest BCUT2D eigenvalue weighted by atomic mass is 9.92. The van der Waals surface area contributed by atoms with Crippen molar-refractivity contribution >= 4 is 12.2 Å². The molecule has 172 valence electrons. The van der Waals surface area contributed by atoms with Gasteiger partial charge in [0.15, 0.2) is 0 Å². The summed E-state index contributed by atoms with van der Waals surface area (Å²) in [5, 5.41) is 2.68. The van der Waals surface area contributed by atoms with E-state index < -0.39 is 35.3 Å². The summed E-state index contributed by atoms with van der Waals surface area (Å²) in [5.41, 5.74) is -1.51. The van der Waals surface area contributed by atoms with Gasteiger partial charge >= 0.3 is 18.4 Å². The Bertz CT molecular complexity index is 811. The van der Waals surface area contributed by atoms with Crippen molar-refractivity contribution in [1.82, 2.24) is 10.2 Å². The Morgan fingerprint density at radius 2 is 2.10 bits per heavy atom. The van der Waals surface area contributed by atoms with Gasteiger partial charge in [-0.1, -0.05) is 19.4 Å². The number of hydrogen-bond acceptors (Lipinski definition) is 5. The van der Waals surface area contributed by atoms with Crippen molar-refractivity contribution < 1.29 is 41.4 Å². The molecule has 0 aromatic heterocycles. The number of likely N-dealkylation sites (tertiary alicyclic amines) is 1. The Labute approximate surface area is 176 Å². The molecule has 31 heavy (non-hydrogen) atoms. The molecule has 11 heteroatoms. The molecule has 0 aliphatic carbocycles. The lowest BCUT2D eigenvalue weighted by Gasteiger charge is -2.44. The van der Waals surface area contributed by atoms with Gasteiger partial charge in [0.25, 0.3) is 0 Å². The second-order valence-electron chi connectivity index (χ2n) is 7.83. The summed E-state index contributed by atoms with van der Waals surface area (Å²) < 4.78 is 67.2. The lowest BCUT2D eigenvalue weighted by molar-refractivity contribution is -0.137. The summed E-state index contributed by atoms with van der Waals surface area (Å²) in [6.45, 7) is 3.09. The Morgan fingerprint density at radius 3 is 2.68 bits per heavy atom. The summed E-state index contributed by atoms with van der Waals surface area (Å²) in [5.74, 6) is -0.927. The fourth-order valence-corrected chi connectivity index (χ4v) is 3.46. The number of rotatable bonds is 8. The first-order valence-corrected chi connectivity index (χ1v) is 9.92. The number of carbonyl (C=O) groups excluding carboxylic acids is 2. The van der Waals surface area contributed by atoms with E-state index in [4.69, 9.17) is 14.2 Å². The van der Waals surface area contributed by atoms with Crippen LogP contribution in [0.25, 0.3) is 0 Å². The maximum Gasteiger partial charge on any atom is 0.416 e. The minimum atomic E-state index is -4.60. The molecule has 1 spiro atoms. The number of nitrogens with zero attached hydrogens (tertiary/aromatic N) is 1. The van der Waals surface area contributed by atoms with Crippen LogP contribution < -0.4 is 5.32 Å². The van der Waals surface area contributed by atoms with Crippen LogP contribution in [-0.2, 0) is 27.0 Å². The van der Waals surface area contributed by atoms with Gasteiger partial charge in [-0.3, -0.25) is 0 Å². The molecule has 2 aliphatic heterocycles. The van der Waals surface area contributed by atoms with Crippen molar-refractivity contribution in [3.05, 3.63) is 35.1 Å². The van der Waals surface area contributed by atoms with E-state index in [9.17, 15) is 27.2 Å². The predicted molar refractivity (Wildman–Crippen MR) is 99.6 cm³/mol. The number of ether oxygens (including phenoxy) is 3. The Kier molecular flexibility index (Phi) is 6.93. The van der Waals surface area contributed by atoms with Gasteiger partial charge in [-0.05, 0) is 24.5 Å². The third-order valence-corrected chi connectivity index (χ3v) is 5.41. The fraction of sp³-hybridized carbons (Fsp3) is 0.600. The topological polar surface area (TPSA) is 77.1 Å².